The molecular formula is C14H17N3O4. The van der Waals surface area contributed by atoms with Crippen LogP contribution in [0.15, 0.2) is 11.1 Å². The maximum atomic E-state index is 12.3. The Bertz CT molecular complexity index is 605. The van der Waals surface area contributed by atoms with Crippen LogP contribution in [0.25, 0.3) is 0 Å². The lowest BCUT2D eigenvalue weighted by Crippen LogP contribution is -2.59. The van der Waals surface area contributed by atoms with E-state index in [0.717, 1.165) is 6.92 Å². The first kappa shape index (κ1) is 16.6. The smallest absolute Gasteiger partial charge is 0.273 e. The van der Waals surface area contributed by atoms with Crippen molar-refractivity contribution in [3.05, 3.63) is 11.1 Å². The van der Waals surface area contributed by atoms with E-state index in [-0.39, 0.29) is 12.0 Å². The maximum absolute atomic E-state index is 12.3. The number of imide groups is 2. The van der Waals surface area contributed by atoms with Crippen molar-refractivity contribution >= 4 is 23.6 Å². The molecule has 0 radical (unpaired) electrons. The number of hydrazine groups is 1. The van der Waals surface area contributed by atoms with Crippen molar-refractivity contribution < 1.29 is 19.2 Å². The zero-order valence-corrected chi connectivity index (χ0v) is 12.7. The summed E-state index contributed by atoms with van der Waals surface area (Å²) in [6, 6.07) is 1.71. The van der Waals surface area contributed by atoms with Crippen LogP contribution in [-0.4, -0.2) is 33.6 Å². The van der Waals surface area contributed by atoms with Crippen molar-refractivity contribution in [2.75, 3.05) is 0 Å². The predicted octanol–water partition coefficient (Wildman–Crippen LogP) is 0.922. The summed E-state index contributed by atoms with van der Waals surface area (Å²) in [4.78, 5) is 48.4. The third-order valence-electron chi connectivity index (χ3n) is 2.93. The van der Waals surface area contributed by atoms with E-state index in [2.05, 4.69) is 0 Å². The quantitative estimate of drug-likeness (QED) is 0.669. The van der Waals surface area contributed by atoms with Gasteiger partial charge in [0.25, 0.3) is 17.7 Å². The van der Waals surface area contributed by atoms with Gasteiger partial charge in [-0.05, 0) is 12.5 Å². The van der Waals surface area contributed by atoms with Gasteiger partial charge in [0, 0.05) is 12.3 Å². The van der Waals surface area contributed by atoms with Crippen molar-refractivity contribution in [3.8, 4) is 6.07 Å². The van der Waals surface area contributed by atoms with Crippen LogP contribution < -0.4 is 0 Å². The number of carbonyl (C=O) groups excluding carboxylic acids is 4. The fraction of sp³-hybridized carbons (Fsp3) is 0.500. The molecule has 1 aliphatic heterocycles. The van der Waals surface area contributed by atoms with E-state index in [4.69, 9.17) is 5.26 Å². The average molecular weight is 291 g/mol. The van der Waals surface area contributed by atoms with E-state index >= 15 is 0 Å². The Morgan fingerprint density at radius 2 is 1.81 bits per heavy atom. The number of hydrogen-bond acceptors (Lipinski definition) is 5. The van der Waals surface area contributed by atoms with Gasteiger partial charge in [0.15, 0.2) is 0 Å². The Morgan fingerprint density at radius 3 is 2.19 bits per heavy atom. The van der Waals surface area contributed by atoms with Crippen LogP contribution in [0, 0.1) is 16.7 Å². The number of nitriles is 1. The lowest BCUT2D eigenvalue weighted by Gasteiger charge is -2.36. The highest BCUT2D eigenvalue weighted by Crippen LogP contribution is 2.25. The molecule has 0 fully saturated rings. The summed E-state index contributed by atoms with van der Waals surface area (Å²) in [5.41, 5.74) is -0.854. The van der Waals surface area contributed by atoms with E-state index in [0.29, 0.717) is 15.6 Å². The Labute approximate surface area is 122 Å². The van der Waals surface area contributed by atoms with Gasteiger partial charge in [-0.1, -0.05) is 20.8 Å². The molecule has 7 nitrogen and oxygen atoms in total. The minimum Gasteiger partial charge on any atom is -0.273 e. The molecule has 0 unspecified atom stereocenters. The molecule has 0 spiro atoms. The molecule has 0 N–H and O–H groups in total. The lowest BCUT2D eigenvalue weighted by molar-refractivity contribution is -0.181. The highest BCUT2D eigenvalue weighted by molar-refractivity contribution is 6.13. The SMILES string of the molecule is CC(=O)N(C(=O)C(C)(C)C)N1C(=O)CC(C)=C(C#N)C1=O. The van der Waals surface area contributed by atoms with Gasteiger partial charge in [0.05, 0.1) is 6.42 Å². The molecule has 0 aromatic heterocycles. The molecule has 0 saturated heterocycles. The van der Waals surface area contributed by atoms with Gasteiger partial charge in [0.2, 0.25) is 5.91 Å². The van der Waals surface area contributed by atoms with Gasteiger partial charge in [-0.3, -0.25) is 19.2 Å². The Morgan fingerprint density at radius 1 is 1.29 bits per heavy atom. The van der Waals surface area contributed by atoms with E-state index in [1.807, 2.05) is 0 Å². The minimum atomic E-state index is -0.963. The van der Waals surface area contributed by atoms with Crippen molar-refractivity contribution in [2.45, 2.75) is 41.0 Å². The zero-order valence-electron chi connectivity index (χ0n) is 12.7. The molecule has 0 aromatic carbocycles. The van der Waals surface area contributed by atoms with Gasteiger partial charge in [0.1, 0.15) is 11.6 Å². The molecule has 1 rings (SSSR count). The van der Waals surface area contributed by atoms with Gasteiger partial charge in [-0.15, -0.1) is 0 Å². The third kappa shape index (κ3) is 2.99. The summed E-state index contributed by atoms with van der Waals surface area (Å²) < 4.78 is 0. The van der Waals surface area contributed by atoms with Crippen LogP contribution in [0.3, 0.4) is 0 Å². The topological polar surface area (TPSA) is 98.6 Å². The van der Waals surface area contributed by atoms with Crippen molar-refractivity contribution in [2.24, 2.45) is 5.41 Å². The third-order valence-corrected chi connectivity index (χ3v) is 2.93. The molecule has 7 heteroatoms. The number of rotatable bonds is 1. The second kappa shape index (κ2) is 5.48. The average Bonchev–Trinajstić information content (AvgIpc) is 2.32. The van der Waals surface area contributed by atoms with Crippen LogP contribution in [-0.2, 0) is 19.2 Å². The van der Waals surface area contributed by atoms with Gasteiger partial charge in [-0.2, -0.15) is 15.3 Å². The van der Waals surface area contributed by atoms with E-state index in [1.165, 1.54) is 6.92 Å². The van der Waals surface area contributed by atoms with Crippen LogP contribution in [0.2, 0.25) is 0 Å². The number of amides is 4. The Hall–Kier alpha value is -2.49. The fourth-order valence-electron chi connectivity index (χ4n) is 1.83. The zero-order chi connectivity index (χ0) is 16.5. The van der Waals surface area contributed by atoms with E-state index in [9.17, 15) is 19.2 Å². The summed E-state index contributed by atoms with van der Waals surface area (Å²) in [7, 11) is 0. The van der Waals surface area contributed by atoms with Crippen LogP contribution in [0.5, 0.6) is 0 Å². The van der Waals surface area contributed by atoms with Crippen molar-refractivity contribution in [1.29, 1.82) is 5.26 Å². The molecule has 0 aromatic rings. The number of carbonyl (C=O) groups is 4. The summed E-state index contributed by atoms with van der Waals surface area (Å²) in [5, 5.41) is 10.00. The summed E-state index contributed by atoms with van der Waals surface area (Å²) in [5.74, 6) is -3.09. The standard InChI is InChI=1S/C14H17N3O4/c1-8-6-11(19)17(12(20)10(8)7-15)16(9(2)18)13(21)14(3,4)5/h6H2,1-5H3. The van der Waals surface area contributed by atoms with Gasteiger partial charge in [-0.25, -0.2) is 0 Å². The summed E-state index contributed by atoms with van der Waals surface area (Å²) in [6.45, 7) is 7.28. The first-order valence-corrected chi connectivity index (χ1v) is 6.34. The molecule has 112 valence electrons. The molecule has 0 atom stereocenters. The lowest BCUT2D eigenvalue weighted by atomic mass is 9.95. The largest absolute Gasteiger partial charge is 0.290 e. The second-order valence-corrected chi connectivity index (χ2v) is 5.84. The number of nitrogens with zero attached hydrogens (tertiary/aromatic N) is 3. The molecule has 1 heterocycles. The molecule has 21 heavy (non-hydrogen) atoms. The monoisotopic (exact) mass is 291 g/mol. The molecule has 1 aliphatic rings. The molecule has 0 bridgehead atoms. The van der Waals surface area contributed by atoms with Gasteiger partial charge < -0.3 is 0 Å². The van der Waals surface area contributed by atoms with Gasteiger partial charge >= 0.3 is 0 Å². The van der Waals surface area contributed by atoms with E-state index < -0.39 is 29.0 Å². The first-order chi connectivity index (χ1) is 9.52. The highest BCUT2D eigenvalue weighted by atomic mass is 16.2. The molecule has 0 saturated carbocycles. The minimum absolute atomic E-state index is 0.185. The van der Waals surface area contributed by atoms with Crippen LogP contribution in [0.4, 0.5) is 0 Å². The summed E-state index contributed by atoms with van der Waals surface area (Å²) >= 11 is 0. The van der Waals surface area contributed by atoms with Crippen LogP contribution in [0.1, 0.15) is 41.0 Å². The number of hydrogen-bond donors (Lipinski definition) is 0. The molecular weight excluding hydrogens is 274 g/mol. The first-order valence-electron chi connectivity index (χ1n) is 6.34. The van der Waals surface area contributed by atoms with E-state index in [1.54, 1.807) is 26.8 Å². The second-order valence-electron chi connectivity index (χ2n) is 5.84. The maximum Gasteiger partial charge on any atom is 0.290 e. The normalized spacial score (nSPS) is 15.9. The Kier molecular flexibility index (Phi) is 4.32. The fourth-order valence-corrected chi connectivity index (χ4v) is 1.83. The molecule has 4 amide bonds. The Balaban J connectivity index is 3.38. The van der Waals surface area contributed by atoms with Crippen LogP contribution >= 0.6 is 0 Å². The van der Waals surface area contributed by atoms with Crippen molar-refractivity contribution in [3.63, 3.8) is 0 Å². The summed E-state index contributed by atoms with van der Waals surface area (Å²) in [6.07, 6.45) is -0.185. The highest BCUT2D eigenvalue weighted by Gasteiger charge is 2.43. The van der Waals surface area contributed by atoms with Crippen molar-refractivity contribution in [1.82, 2.24) is 10.0 Å². The molecule has 0 aliphatic carbocycles. The predicted molar refractivity (Wildman–Crippen MR) is 71.8 cm³/mol.